The van der Waals surface area contributed by atoms with Gasteiger partial charge >= 0.3 is 12.4 Å². The van der Waals surface area contributed by atoms with E-state index in [-0.39, 0.29) is 47.7 Å². The summed E-state index contributed by atoms with van der Waals surface area (Å²) in [6, 6.07) is 0.871. The lowest BCUT2D eigenvalue weighted by atomic mass is 9.83. The van der Waals surface area contributed by atoms with Crippen LogP contribution in [0, 0.1) is 0 Å². The van der Waals surface area contributed by atoms with Crippen LogP contribution in [0.2, 0.25) is 0 Å². The van der Waals surface area contributed by atoms with E-state index in [9.17, 15) is 36.2 Å². The van der Waals surface area contributed by atoms with Gasteiger partial charge in [0.1, 0.15) is 29.4 Å². The van der Waals surface area contributed by atoms with E-state index < -0.39 is 41.9 Å². The first kappa shape index (κ1) is 24.2. The standard InChI is InChI=1S/C20H22F6N6O2/c1-8(2)16-27-10(19(21,22)23)7-11(28-16)32-5-3-9(4-6-32)14-12-13(20(24,25)26)15(33)18(34)29-17(12)31-30-14/h7-9,13,15,33H,3-6H2,1-2H3,(H2,29,30,31,34)/t13-,15-/m0/s1. The minimum Gasteiger partial charge on any atom is -0.382 e. The number of aliphatic hydroxyl groups is 1. The monoisotopic (exact) mass is 492 g/mol. The number of alkyl halides is 6. The third kappa shape index (κ3) is 4.42. The minimum atomic E-state index is -4.88. The van der Waals surface area contributed by atoms with Crippen LogP contribution in [0.4, 0.5) is 38.0 Å². The van der Waals surface area contributed by atoms with E-state index in [1.807, 2.05) is 0 Å². The zero-order valence-electron chi connectivity index (χ0n) is 18.1. The van der Waals surface area contributed by atoms with Crippen LogP contribution in [0.25, 0.3) is 0 Å². The Morgan fingerprint density at radius 2 is 1.76 bits per heavy atom. The quantitative estimate of drug-likeness (QED) is 0.565. The molecule has 2 atom stereocenters. The molecule has 2 aliphatic heterocycles. The second kappa shape index (κ2) is 8.40. The summed E-state index contributed by atoms with van der Waals surface area (Å²) in [5, 5.41) is 18.5. The molecule has 4 rings (SSSR count). The molecule has 1 fully saturated rings. The zero-order valence-corrected chi connectivity index (χ0v) is 18.1. The summed E-state index contributed by atoms with van der Waals surface area (Å²) in [6.07, 6.45) is -11.2. The van der Waals surface area contributed by atoms with Crippen LogP contribution in [0.15, 0.2) is 6.07 Å². The molecule has 186 valence electrons. The predicted octanol–water partition coefficient (Wildman–Crippen LogP) is 3.68. The summed E-state index contributed by atoms with van der Waals surface area (Å²) < 4.78 is 81.0. The molecule has 2 aromatic rings. The maximum Gasteiger partial charge on any atom is 0.433 e. The number of amides is 1. The highest BCUT2D eigenvalue weighted by atomic mass is 19.4. The molecule has 1 amide bonds. The number of carbonyl (C=O) groups excluding carboxylic acids is 1. The second-order valence-corrected chi connectivity index (χ2v) is 8.74. The Morgan fingerprint density at radius 1 is 1.12 bits per heavy atom. The molecule has 0 radical (unpaired) electrons. The third-order valence-electron chi connectivity index (χ3n) is 6.09. The van der Waals surface area contributed by atoms with E-state index in [0.29, 0.717) is 12.8 Å². The number of aromatic nitrogens is 4. The zero-order chi connectivity index (χ0) is 25.0. The Kier molecular flexibility index (Phi) is 5.98. The summed E-state index contributed by atoms with van der Waals surface area (Å²) in [7, 11) is 0. The Bertz CT molecular complexity index is 1070. The fourth-order valence-corrected chi connectivity index (χ4v) is 4.34. The summed E-state index contributed by atoms with van der Waals surface area (Å²) >= 11 is 0. The number of hydrogen-bond donors (Lipinski definition) is 3. The Hall–Kier alpha value is -2.90. The van der Waals surface area contributed by atoms with Gasteiger partial charge in [0.2, 0.25) is 0 Å². The maximum absolute atomic E-state index is 13.7. The molecule has 34 heavy (non-hydrogen) atoms. The van der Waals surface area contributed by atoms with Gasteiger partial charge < -0.3 is 15.3 Å². The first-order chi connectivity index (χ1) is 15.8. The first-order valence-electron chi connectivity index (χ1n) is 10.6. The van der Waals surface area contributed by atoms with E-state index >= 15 is 0 Å². The number of aromatic amines is 1. The number of anilines is 2. The van der Waals surface area contributed by atoms with Gasteiger partial charge in [-0.15, -0.1) is 0 Å². The summed E-state index contributed by atoms with van der Waals surface area (Å²) in [4.78, 5) is 21.3. The highest BCUT2D eigenvalue weighted by Crippen LogP contribution is 2.47. The number of aliphatic hydroxyl groups excluding tert-OH is 1. The van der Waals surface area contributed by atoms with Crippen molar-refractivity contribution >= 4 is 17.5 Å². The number of rotatable bonds is 3. The molecule has 4 heterocycles. The molecule has 8 nitrogen and oxygen atoms in total. The molecular weight excluding hydrogens is 470 g/mol. The summed E-state index contributed by atoms with van der Waals surface area (Å²) in [5.41, 5.74) is -1.21. The van der Waals surface area contributed by atoms with Gasteiger partial charge in [0.25, 0.3) is 5.91 Å². The normalized spacial score (nSPS) is 22.2. The van der Waals surface area contributed by atoms with Crippen molar-refractivity contribution in [1.82, 2.24) is 20.2 Å². The average molecular weight is 492 g/mol. The Morgan fingerprint density at radius 3 is 2.32 bits per heavy atom. The van der Waals surface area contributed by atoms with Crippen LogP contribution < -0.4 is 10.2 Å². The van der Waals surface area contributed by atoms with Crippen molar-refractivity contribution in [1.29, 1.82) is 0 Å². The number of nitrogens with zero attached hydrogens (tertiary/aromatic N) is 4. The van der Waals surface area contributed by atoms with Crippen LogP contribution in [0.5, 0.6) is 0 Å². The van der Waals surface area contributed by atoms with E-state index in [1.54, 1.807) is 18.7 Å². The van der Waals surface area contributed by atoms with Gasteiger partial charge in [-0.1, -0.05) is 13.8 Å². The number of piperidine rings is 1. The molecule has 0 unspecified atom stereocenters. The molecule has 0 bridgehead atoms. The van der Waals surface area contributed by atoms with Gasteiger partial charge in [0.15, 0.2) is 5.82 Å². The van der Waals surface area contributed by atoms with E-state index in [2.05, 4.69) is 25.5 Å². The number of H-pyrrole nitrogens is 1. The van der Waals surface area contributed by atoms with Crippen molar-refractivity contribution in [3.63, 3.8) is 0 Å². The molecule has 1 saturated heterocycles. The van der Waals surface area contributed by atoms with Gasteiger partial charge in [0, 0.05) is 42.2 Å². The largest absolute Gasteiger partial charge is 0.433 e. The van der Waals surface area contributed by atoms with Gasteiger partial charge in [-0.05, 0) is 12.8 Å². The van der Waals surface area contributed by atoms with E-state index in [4.69, 9.17) is 0 Å². The van der Waals surface area contributed by atoms with Gasteiger partial charge in [-0.25, -0.2) is 9.97 Å². The Balaban J connectivity index is 1.59. The molecular formula is C20H22F6N6O2. The number of nitrogens with one attached hydrogen (secondary N) is 2. The number of hydrogen-bond acceptors (Lipinski definition) is 6. The van der Waals surface area contributed by atoms with Crippen molar-refractivity contribution in [2.24, 2.45) is 0 Å². The number of carbonyl (C=O) groups is 1. The van der Waals surface area contributed by atoms with Crippen LogP contribution in [0.1, 0.15) is 67.2 Å². The molecule has 0 saturated carbocycles. The van der Waals surface area contributed by atoms with Crippen LogP contribution in [0.3, 0.4) is 0 Å². The lowest BCUT2D eigenvalue weighted by molar-refractivity contribution is -0.177. The summed E-state index contributed by atoms with van der Waals surface area (Å²) in [6.45, 7) is 3.82. The van der Waals surface area contributed by atoms with E-state index in [0.717, 1.165) is 6.07 Å². The van der Waals surface area contributed by atoms with Crippen LogP contribution in [-0.4, -0.2) is 56.5 Å². The first-order valence-corrected chi connectivity index (χ1v) is 10.6. The van der Waals surface area contributed by atoms with Gasteiger partial charge in [-0.2, -0.15) is 31.4 Å². The van der Waals surface area contributed by atoms with Crippen molar-refractivity contribution in [3.05, 3.63) is 28.8 Å². The Labute approximate surface area is 189 Å². The number of fused-ring (bicyclic) bond motifs is 1. The average Bonchev–Trinajstić information content (AvgIpc) is 3.15. The molecule has 14 heteroatoms. The third-order valence-corrected chi connectivity index (χ3v) is 6.09. The van der Waals surface area contributed by atoms with E-state index in [1.165, 1.54) is 0 Å². The minimum absolute atomic E-state index is 0.0485. The van der Waals surface area contributed by atoms with Gasteiger partial charge in [0.05, 0.1) is 0 Å². The highest BCUT2D eigenvalue weighted by Gasteiger charge is 2.54. The molecule has 2 aliphatic rings. The molecule has 0 aliphatic carbocycles. The fraction of sp³-hybridized carbons (Fsp3) is 0.600. The van der Waals surface area contributed by atoms with Crippen molar-refractivity contribution in [2.45, 2.75) is 62.9 Å². The fourth-order valence-electron chi connectivity index (χ4n) is 4.34. The van der Waals surface area contributed by atoms with Crippen molar-refractivity contribution in [3.8, 4) is 0 Å². The number of halogens is 6. The molecule has 3 N–H and O–H groups in total. The highest BCUT2D eigenvalue weighted by molar-refractivity contribution is 5.97. The van der Waals surface area contributed by atoms with Crippen molar-refractivity contribution < 1.29 is 36.2 Å². The topological polar surface area (TPSA) is 107 Å². The SMILES string of the molecule is CC(C)c1nc(N2CCC(c3[nH]nc4c3[C@H](C(F)(F)F)[C@H](O)C(=O)N4)CC2)cc(C(F)(F)F)n1. The lowest BCUT2D eigenvalue weighted by Crippen LogP contribution is -2.44. The second-order valence-electron chi connectivity index (χ2n) is 8.74. The molecule has 0 aromatic carbocycles. The maximum atomic E-state index is 13.7. The lowest BCUT2D eigenvalue weighted by Gasteiger charge is -2.35. The predicted molar refractivity (Wildman–Crippen MR) is 107 cm³/mol. The molecule has 2 aromatic heterocycles. The van der Waals surface area contributed by atoms with Crippen LogP contribution >= 0.6 is 0 Å². The molecule has 0 spiro atoms. The van der Waals surface area contributed by atoms with Crippen LogP contribution in [-0.2, 0) is 11.0 Å². The van der Waals surface area contributed by atoms with Crippen molar-refractivity contribution in [2.75, 3.05) is 23.3 Å². The summed E-state index contributed by atoms with van der Waals surface area (Å²) in [5.74, 6) is -4.51. The smallest absolute Gasteiger partial charge is 0.382 e. The van der Waals surface area contributed by atoms with Gasteiger partial charge in [-0.3, -0.25) is 9.89 Å².